The van der Waals surface area contributed by atoms with Crippen LogP contribution in [0, 0.1) is 5.92 Å². The van der Waals surface area contributed by atoms with Crippen molar-refractivity contribution in [2.45, 2.75) is 46.6 Å². The minimum Gasteiger partial charge on any atom is -0.450 e. The van der Waals surface area contributed by atoms with Gasteiger partial charge in [0.25, 0.3) is 0 Å². The maximum absolute atomic E-state index is 11.6. The van der Waals surface area contributed by atoms with E-state index in [0.717, 1.165) is 38.6 Å². The lowest BCUT2D eigenvalue weighted by molar-refractivity contribution is 0.145. The number of ether oxygens (including phenoxy) is 2. The minimum atomic E-state index is -0.375. The lowest BCUT2D eigenvalue weighted by Gasteiger charge is -2.22. The van der Waals surface area contributed by atoms with Crippen LogP contribution in [0.3, 0.4) is 0 Å². The third kappa shape index (κ3) is 14.8. The van der Waals surface area contributed by atoms with Crippen LogP contribution in [0.2, 0.25) is 0 Å². The highest BCUT2D eigenvalue weighted by molar-refractivity contribution is 14.0. The summed E-state index contributed by atoms with van der Waals surface area (Å²) in [6, 6.07) is -0.00368. The fourth-order valence-corrected chi connectivity index (χ4v) is 2.07. The number of halogens is 1. The number of carbonyl (C=O) groups is 1. The Hall–Kier alpha value is -0.770. The van der Waals surface area contributed by atoms with Crippen molar-refractivity contribution in [2.75, 3.05) is 40.0 Å². The molecule has 0 fully saturated rings. The number of rotatable bonds is 11. The Morgan fingerprint density at radius 1 is 1.17 bits per heavy atom. The summed E-state index contributed by atoms with van der Waals surface area (Å²) >= 11 is 0. The number of hydrogen-bond donors (Lipinski definition) is 3. The summed E-state index contributed by atoms with van der Waals surface area (Å²) in [5.41, 5.74) is 0. The summed E-state index contributed by atoms with van der Waals surface area (Å²) in [6.07, 6.45) is 1.41. The van der Waals surface area contributed by atoms with Crippen LogP contribution in [0.15, 0.2) is 4.99 Å². The topological polar surface area (TPSA) is 84.0 Å². The Morgan fingerprint density at radius 2 is 1.88 bits per heavy atom. The molecule has 0 aromatic heterocycles. The number of carbonyl (C=O) groups excluding carboxylic acids is 1. The van der Waals surface area contributed by atoms with E-state index in [1.807, 2.05) is 6.92 Å². The number of nitrogens with one attached hydrogen (secondary N) is 3. The highest BCUT2D eigenvalue weighted by Crippen LogP contribution is 2.04. The molecule has 0 aromatic carbocycles. The Kier molecular flexibility index (Phi) is 18.1. The first-order valence-corrected chi connectivity index (χ1v) is 8.48. The summed E-state index contributed by atoms with van der Waals surface area (Å²) in [4.78, 5) is 15.8. The second-order valence-electron chi connectivity index (χ2n) is 5.62. The van der Waals surface area contributed by atoms with Crippen molar-refractivity contribution in [3.63, 3.8) is 0 Å². The van der Waals surface area contributed by atoms with E-state index in [1.54, 1.807) is 14.0 Å². The standard InChI is InChI=1S/C16H34N4O3.HI/c1-6-22-10-8-9-18-15(17-5)19-12-14(11-13(3)4)20-16(21)23-7-2;/h13-14H,6-12H2,1-5H3,(H,20,21)(H2,17,18,19);1H. The van der Waals surface area contributed by atoms with E-state index < -0.39 is 0 Å². The average Bonchev–Trinajstić information content (AvgIpc) is 2.49. The van der Waals surface area contributed by atoms with Crippen LogP contribution < -0.4 is 16.0 Å². The summed E-state index contributed by atoms with van der Waals surface area (Å²) in [7, 11) is 1.73. The third-order valence-corrected chi connectivity index (χ3v) is 3.05. The molecule has 3 N–H and O–H groups in total. The van der Waals surface area contributed by atoms with E-state index in [-0.39, 0.29) is 36.1 Å². The van der Waals surface area contributed by atoms with Gasteiger partial charge in [0.15, 0.2) is 5.96 Å². The number of hydrogen-bond acceptors (Lipinski definition) is 4. The molecular weight excluding hydrogens is 423 g/mol. The molecule has 0 saturated heterocycles. The molecule has 0 aromatic rings. The van der Waals surface area contributed by atoms with Gasteiger partial charge in [0.1, 0.15) is 0 Å². The first-order valence-electron chi connectivity index (χ1n) is 8.48. The largest absolute Gasteiger partial charge is 0.450 e. The van der Waals surface area contributed by atoms with Crippen LogP contribution in [-0.2, 0) is 9.47 Å². The molecule has 1 unspecified atom stereocenters. The van der Waals surface area contributed by atoms with Crippen LogP contribution in [0.1, 0.15) is 40.5 Å². The van der Waals surface area contributed by atoms with Crippen LogP contribution >= 0.6 is 24.0 Å². The van der Waals surface area contributed by atoms with E-state index in [9.17, 15) is 4.79 Å². The van der Waals surface area contributed by atoms with Crippen molar-refractivity contribution in [3.05, 3.63) is 0 Å². The zero-order valence-corrected chi connectivity index (χ0v) is 18.0. The molecule has 0 aliphatic heterocycles. The molecule has 24 heavy (non-hydrogen) atoms. The number of guanidine groups is 1. The highest BCUT2D eigenvalue weighted by atomic mass is 127. The molecule has 0 radical (unpaired) electrons. The first-order chi connectivity index (χ1) is 11.0. The van der Waals surface area contributed by atoms with E-state index in [1.165, 1.54) is 0 Å². The lowest BCUT2D eigenvalue weighted by atomic mass is 10.0. The van der Waals surface area contributed by atoms with Gasteiger partial charge in [-0.3, -0.25) is 4.99 Å². The molecule has 1 atom stereocenters. The van der Waals surface area contributed by atoms with Gasteiger partial charge in [-0.2, -0.15) is 0 Å². The van der Waals surface area contributed by atoms with Gasteiger partial charge in [-0.15, -0.1) is 24.0 Å². The second-order valence-corrected chi connectivity index (χ2v) is 5.62. The van der Waals surface area contributed by atoms with E-state index in [4.69, 9.17) is 9.47 Å². The highest BCUT2D eigenvalue weighted by Gasteiger charge is 2.15. The number of aliphatic imine (C=N–C) groups is 1. The number of amides is 1. The van der Waals surface area contributed by atoms with Crippen molar-refractivity contribution in [1.29, 1.82) is 0 Å². The Balaban J connectivity index is 0. The lowest BCUT2D eigenvalue weighted by Crippen LogP contribution is -2.47. The molecule has 0 heterocycles. The molecular formula is C16H35IN4O3. The predicted octanol–water partition coefficient (Wildman–Crippen LogP) is 2.36. The zero-order valence-electron chi connectivity index (χ0n) is 15.7. The molecule has 0 saturated carbocycles. The molecule has 8 heteroatoms. The average molecular weight is 458 g/mol. The fourth-order valence-electron chi connectivity index (χ4n) is 2.07. The van der Waals surface area contributed by atoms with Gasteiger partial charge in [-0.25, -0.2) is 4.79 Å². The summed E-state index contributed by atoms with van der Waals surface area (Å²) < 4.78 is 10.2. The van der Waals surface area contributed by atoms with Gasteiger partial charge in [0.2, 0.25) is 0 Å². The predicted molar refractivity (Wildman–Crippen MR) is 109 cm³/mol. The van der Waals surface area contributed by atoms with Gasteiger partial charge >= 0.3 is 6.09 Å². The monoisotopic (exact) mass is 458 g/mol. The van der Waals surface area contributed by atoms with Crippen LogP contribution in [0.4, 0.5) is 4.79 Å². The van der Waals surface area contributed by atoms with Crippen molar-refractivity contribution >= 4 is 36.0 Å². The molecule has 0 bridgehead atoms. The van der Waals surface area contributed by atoms with Gasteiger partial charge in [-0.1, -0.05) is 13.8 Å². The Bertz CT molecular complexity index is 341. The molecule has 0 rings (SSSR count). The van der Waals surface area contributed by atoms with Gasteiger partial charge in [-0.05, 0) is 32.6 Å². The van der Waals surface area contributed by atoms with Crippen LogP contribution in [-0.4, -0.2) is 58.1 Å². The van der Waals surface area contributed by atoms with Gasteiger partial charge < -0.3 is 25.4 Å². The third-order valence-electron chi connectivity index (χ3n) is 3.05. The molecule has 1 amide bonds. The first kappa shape index (κ1) is 25.5. The quantitative estimate of drug-likeness (QED) is 0.192. The maximum Gasteiger partial charge on any atom is 0.407 e. The molecule has 0 aliphatic carbocycles. The van der Waals surface area contributed by atoms with E-state index >= 15 is 0 Å². The number of nitrogens with zero attached hydrogens (tertiary/aromatic N) is 1. The van der Waals surface area contributed by atoms with E-state index in [2.05, 4.69) is 34.8 Å². The van der Waals surface area contributed by atoms with Crippen molar-refractivity contribution in [2.24, 2.45) is 10.9 Å². The Morgan fingerprint density at radius 3 is 2.42 bits per heavy atom. The van der Waals surface area contributed by atoms with E-state index in [0.29, 0.717) is 19.1 Å². The molecule has 144 valence electrons. The SMILES string of the molecule is CCOCCCNC(=NC)NCC(CC(C)C)NC(=O)OCC.I. The normalized spacial score (nSPS) is 12.3. The van der Waals surface area contributed by atoms with Gasteiger partial charge in [0.05, 0.1) is 6.61 Å². The summed E-state index contributed by atoms with van der Waals surface area (Å²) in [6.45, 7) is 11.3. The zero-order chi connectivity index (χ0) is 17.5. The van der Waals surface area contributed by atoms with Crippen LogP contribution in [0.5, 0.6) is 0 Å². The maximum atomic E-state index is 11.6. The van der Waals surface area contributed by atoms with Crippen molar-refractivity contribution < 1.29 is 14.3 Å². The minimum absolute atomic E-state index is 0. The summed E-state index contributed by atoms with van der Waals surface area (Å²) in [5.74, 6) is 1.20. The summed E-state index contributed by atoms with van der Waals surface area (Å²) in [5, 5.41) is 9.36. The van der Waals surface area contributed by atoms with Crippen molar-refractivity contribution in [1.82, 2.24) is 16.0 Å². The number of alkyl carbamates (subject to hydrolysis) is 1. The smallest absolute Gasteiger partial charge is 0.407 e. The molecule has 7 nitrogen and oxygen atoms in total. The second kappa shape index (κ2) is 17.1. The van der Waals surface area contributed by atoms with Crippen molar-refractivity contribution in [3.8, 4) is 0 Å². The molecule has 0 spiro atoms. The molecule has 0 aliphatic rings. The Labute approximate surface area is 163 Å². The van der Waals surface area contributed by atoms with Gasteiger partial charge in [0, 0.05) is 39.4 Å². The fraction of sp³-hybridized carbons (Fsp3) is 0.875. The van der Waals surface area contributed by atoms with Crippen LogP contribution in [0.25, 0.3) is 0 Å².